The molecule has 3 heterocycles. The summed E-state index contributed by atoms with van der Waals surface area (Å²) >= 11 is 0. The van der Waals surface area contributed by atoms with Gasteiger partial charge in [-0.2, -0.15) is 0 Å². The smallest absolute Gasteiger partial charge is 0.267 e. The number of nitrogens with one attached hydrogen (secondary N) is 1. The van der Waals surface area contributed by atoms with Crippen LogP contribution >= 0.6 is 0 Å². The van der Waals surface area contributed by atoms with Crippen molar-refractivity contribution in [2.24, 2.45) is 5.92 Å². The minimum atomic E-state index is 0.0334. The largest absolute Gasteiger partial charge is 0.378 e. The first-order chi connectivity index (χ1) is 14.7. The molecule has 4 fully saturated rings. The molecule has 7 heteroatoms. The molecule has 2 saturated carbocycles. The molecule has 1 aromatic heterocycles. The van der Waals surface area contributed by atoms with E-state index in [1.807, 2.05) is 23.2 Å². The molecule has 4 aliphatic rings. The molecule has 2 aliphatic heterocycles. The quantitative estimate of drug-likeness (QED) is 0.707. The van der Waals surface area contributed by atoms with Crippen molar-refractivity contribution in [2.45, 2.75) is 63.1 Å². The first-order valence-corrected chi connectivity index (χ1v) is 11.8. The fourth-order valence-corrected chi connectivity index (χ4v) is 5.05. The summed E-state index contributed by atoms with van der Waals surface area (Å²) in [6, 6.07) is 5.04. The van der Waals surface area contributed by atoms with E-state index < -0.39 is 0 Å². The van der Waals surface area contributed by atoms with E-state index in [1.165, 1.54) is 25.7 Å². The third-order valence-electron chi connectivity index (χ3n) is 7.16. The Bertz CT molecular complexity index is 764. The van der Waals surface area contributed by atoms with Crippen LogP contribution in [-0.2, 0) is 9.53 Å². The molecule has 1 aromatic rings. The van der Waals surface area contributed by atoms with Crippen molar-refractivity contribution in [3.63, 3.8) is 0 Å². The molecule has 7 nitrogen and oxygen atoms in total. The summed E-state index contributed by atoms with van der Waals surface area (Å²) in [6.45, 7) is 4.48. The molecule has 0 spiro atoms. The average molecular weight is 415 g/mol. The summed E-state index contributed by atoms with van der Waals surface area (Å²) in [6.07, 6.45) is 9.66. The topological polar surface area (TPSA) is 66.8 Å². The molecule has 30 heavy (non-hydrogen) atoms. The Balaban J connectivity index is 1.18. The number of rotatable bonds is 8. The van der Waals surface area contributed by atoms with E-state index in [1.54, 1.807) is 0 Å². The number of nitrogens with zero attached hydrogens (tertiary/aromatic N) is 3. The molecule has 0 radical (unpaired) electrons. The third kappa shape index (κ3) is 4.57. The van der Waals surface area contributed by atoms with Gasteiger partial charge < -0.3 is 19.5 Å². The third-order valence-corrected chi connectivity index (χ3v) is 7.16. The molecule has 2 saturated heterocycles. The number of amides is 2. The van der Waals surface area contributed by atoms with Crippen LogP contribution in [-0.4, -0.2) is 77.7 Å². The number of carbonyl (C=O) groups is 2. The van der Waals surface area contributed by atoms with Crippen molar-refractivity contribution in [3.8, 4) is 0 Å². The molecule has 5 rings (SSSR count). The van der Waals surface area contributed by atoms with E-state index in [0.717, 1.165) is 31.0 Å². The maximum absolute atomic E-state index is 12.8. The first kappa shape index (κ1) is 20.1. The van der Waals surface area contributed by atoms with Gasteiger partial charge in [0.25, 0.3) is 5.91 Å². The summed E-state index contributed by atoms with van der Waals surface area (Å²) in [5.74, 6) is 1.07. The van der Waals surface area contributed by atoms with Crippen molar-refractivity contribution in [1.82, 2.24) is 19.7 Å². The lowest BCUT2D eigenvalue weighted by Gasteiger charge is -2.33. The standard InChI is InChI=1S/C23H34N4O3/c28-22(25-10-12-30-13-11-25)14-19-7-8-20(27(19)16-17-3-4-17)15-24-23(29)21-2-1-9-26(21)18-5-6-18/h1-2,9,17-20H,3-8,10-16H2,(H,24,29)/t19-,20+/m1/s1. The van der Waals surface area contributed by atoms with Crippen LogP contribution in [0, 0.1) is 5.92 Å². The van der Waals surface area contributed by atoms with Crippen LogP contribution in [0.2, 0.25) is 0 Å². The zero-order chi connectivity index (χ0) is 20.5. The van der Waals surface area contributed by atoms with E-state index in [0.29, 0.717) is 57.4 Å². The summed E-state index contributed by atoms with van der Waals surface area (Å²) in [5.41, 5.74) is 0.781. The number of hydrogen-bond donors (Lipinski definition) is 1. The second-order valence-corrected chi connectivity index (χ2v) is 9.46. The van der Waals surface area contributed by atoms with Crippen LogP contribution in [0.4, 0.5) is 0 Å². The Morgan fingerprint density at radius 3 is 2.53 bits per heavy atom. The molecule has 2 amide bonds. The lowest BCUT2D eigenvalue weighted by molar-refractivity contribution is -0.136. The SMILES string of the molecule is O=C(NC[C@@H]1CC[C@H](CC(=O)N2CCOCC2)N1CC1CC1)c1cccn1C1CC1. The minimum absolute atomic E-state index is 0.0334. The van der Waals surface area contributed by atoms with Gasteiger partial charge in [-0.15, -0.1) is 0 Å². The van der Waals surface area contributed by atoms with Crippen molar-refractivity contribution in [2.75, 3.05) is 39.4 Å². The van der Waals surface area contributed by atoms with Crippen molar-refractivity contribution in [1.29, 1.82) is 0 Å². The van der Waals surface area contributed by atoms with Gasteiger partial charge in [0.2, 0.25) is 5.91 Å². The average Bonchev–Trinajstić information content (AvgIpc) is 3.69. The Morgan fingerprint density at radius 1 is 1.03 bits per heavy atom. The van der Waals surface area contributed by atoms with E-state index in [-0.39, 0.29) is 11.8 Å². The first-order valence-electron chi connectivity index (χ1n) is 11.8. The molecule has 2 aliphatic carbocycles. The van der Waals surface area contributed by atoms with Gasteiger partial charge in [0.05, 0.1) is 13.2 Å². The molecule has 0 aromatic carbocycles. The highest BCUT2D eigenvalue weighted by Gasteiger charge is 2.39. The summed E-state index contributed by atoms with van der Waals surface area (Å²) in [4.78, 5) is 30.1. The normalized spacial score (nSPS) is 27.4. The van der Waals surface area contributed by atoms with Crippen LogP contribution in [0.15, 0.2) is 18.3 Å². The zero-order valence-corrected chi connectivity index (χ0v) is 17.8. The fraction of sp³-hybridized carbons (Fsp3) is 0.739. The highest BCUT2D eigenvalue weighted by atomic mass is 16.5. The predicted octanol–water partition coefficient (Wildman–Crippen LogP) is 2.04. The molecular weight excluding hydrogens is 380 g/mol. The lowest BCUT2D eigenvalue weighted by atomic mass is 10.1. The Hall–Kier alpha value is -1.86. The number of hydrogen-bond acceptors (Lipinski definition) is 4. The van der Waals surface area contributed by atoms with Gasteiger partial charge in [-0.05, 0) is 56.6 Å². The number of likely N-dealkylation sites (tertiary alicyclic amines) is 1. The summed E-state index contributed by atoms with van der Waals surface area (Å²) in [7, 11) is 0. The zero-order valence-electron chi connectivity index (χ0n) is 17.8. The summed E-state index contributed by atoms with van der Waals surface area (Å²) < 4.78 is 7.51. The number of aromatic nitrogens is 1. The van der Waals surface area contributed by atoms with Crippen molar-refractivity contribution >= 4 is 11.8 Å². The number of ether oxygens (including phenoxy) is 1. The molecular formula is C23H34N4O3. The fourth-order valence-electron chi connectivity index (χ4n) is 5.05. The monoisotopic (exact) mass is 414 g/mol. The van der Waals surface area contributed by atoms with Crippen molar-refractivity contribution in [3.05, 3.63) is 24.0 Å². The minimum Gasteiger partial charge on any atom is -0.378 e. The van der Waals surface area contributed by atoms with Gasteiger partial charge in [-0.3, -0.25) is 14.5 Å². The van der Waals surface area contributed by atoms with Crippen LogP contribution in [0.1, 0.15) is 61.5 Å². The van der Waals surface area contributed by atoms with E-state index in [4.69, 9.17) is 4.74 Å². The molecule has 1 N–H and O–H groups in total. The maximum atomic E-state index is 12.8. The Morgan fingerprint density at radius 2 is 1.80 bits per heavy atom. The molecule has 164 valence electrons. The second-order valence-electron chi connectivity index (χ2n) is 9.46. The van der Waals surface area contributed by atoms with Crippen LogP contribution in [0.5, 0.6) is 0 Å². The van der Waals surface area contributed by atoms with Crippen molar-refractivity contribution < 1.29 is 14.3 Å². The van der Waals surface area contributed by atoms with Gasteiger partial charge >= 0.3 is 0 Å². The van der Waals surface area contributed by atoms with Crippen LogP contribution in [0.25, 0.3) is 0 Å². The number of carbonyl (C=O) groups excluding carboxylic acids is 2. The van der Waals surface area contributed by atoms with E-state index >= 15 is 0 Å². The van der Waals surface area contributed by atoms with Gasteiger partial charge in [-0.25, -0.2) is 0 Å². The maximum Gasteiger partial charge on any atom is 0.267 e. The van der Waals surface area contributed by atoms with Gasteiger partial charge in [0, 0.05) is 56.9 Å². The second kappa shape index (κ2) is 8.71. The molecule has 2 atom stereocenters. The van der Waals surface area contributed by atoms with Crippen LogP contribution in [0.3, 0.4) is 0 Å². The Kier molecular flexibility index (Phi) is 5.83. The van der Waals surface area contributed by atoms with E-state index in [9.17, 15) is 9.59 Å². The summed E-state index contributed by atoms with van der Waals surface area (Å²) in [5, 5.41) is 3.20. The molecule has 0 bridgehead atoms. The highest BCUT2D eigenvalue weighted by Crippen LogP contribution is 2.37. The van der Waals surface area contributed by atoms with Gasteiger partial charge in [0.1, 0.15) is 5.69 Å². The van der Waals surface area contributed by atoms with Crippen LogP contribution < -0.4 is 5.32 Å². The molecule has 0 unspecified atom stereocenters. The lowest BCUT2D eigenvalue weighted by Crippen LogP contribution is -2.47. The van der Waals surface area contributed by atoms with Gasteiger partial charge in [0.15, 0.2) is 0 Å². The van der Waals surface area contributed by atoms with E-state index in [2.05, 4.69) is 14.8 Å². The number of morpholine rings is 1. The highest BCUT2D eigenvalue weighted by molar-refractivity contribution is 5.92. The Labute approximate surface area is 178 Å². The predicted molar refractivity (Wildman–Crippen MR) is 113 cm³/mol. The van der Waals surface area contributed by atoms with Gasteiger partial charge in [-0.1, -0.05) is 0 Å².